The van der Waals surface area contributed by atoms with Gasteiger partial charge in [-0.15, -0.1) is 0 Å². The standard InChI is InChI=1S/C11H14O2/c12-10(13)11-5-1-2-9(11)7-3-4-8(11)6-7/h3-4,7-9H,1-2,5-6H2,(H,12,13). The maximum absolute atomic E-state index is 11.4. The molecule has 2 heteroatoms. The Morgan fingerprint density at radius 2 is 2.31 bits per heavy atom. The minimum absolute atomic E-state index is 0.348. The van der Waals surface area contributed by atoms with Gasteiger partial charge in [0.2, 0.25) is 0 Å². The first-order valence-electron chi connectivity index (χ1n) is 5.17. The fraction of sp³-hybridized carbons (Fsp3) is 0.727. The van der Waals surface area contributed by atoms with E-state index in [0.717, 1.165) is 25.7 Å². The number of carboxylic acid groups (broad SMARTS) is 1. The van der Waals surface area contributed by atoms with E-state index >= 15 is 0 Å². The van der Waals surface area contributed by atoms with Gasteiger partial charge in [0.15, 0.2) is 0 Å². The van der Waals surface area contributed by atoms with E-state index in [-0.39, 0.29) is 5.41 Å². The molecule has 2 fully saturated rings. The molecule has 13 heavy (non-hydrogen) atoms. The van der Waals surface area contributed by atoms with Crippen LogP contribution in [0.5, 0.6) is 0 Å². The number of rotatable bonds is 1. The minimum atomic E-state index is -0.535. The SMILES string of the molecule is O=C(O)C12CCCC1C1C=CC2C1. The second kappa shape index (κ2) is 2.17. The van der Waals surface area contributed by atoms with Gasteiger partial charge in [-0.25, -0.2) is 0 Å². The summed E-state index contributed by atoms with van der Waals surface area (Å²) in [5.74, 6) is 0.859. The Kier molecular flexibility index (Phi) is 1.27. The molecule has 3 aliphatic rings. The lowest BCUT2D eigenvalue weighted by molar-refractivity contribution is -0.152. The molecule has 4 unspecified atom stereocenters. The normalized spacial score (nSPS) is 51.2. The van der Waals surface area contributed by atoms with Crippen molar-refractivity contribution in [3.8, 4) is 0 Å². The molecule has 2 saturated carbocycles. The number of hydrogen-bond donors (Lipinski definition) is 1. The van der Waals surface area contributed by atoms with E-state index in [4.69, 9.17) is 0 Å². The van der Waals surface area contributed by atoms with Crippen LogP contribution in [0.2, 0.25) is 0 Å². The third kappa shape index (κ3) is 0.687. The monoisotopic (exact) mass is 178 g/mol. The maximum atomic E-state index is 11.4. The van der Waals surface area contributed by atoms with Gasteiger partial charge in [-0.2, -0.15) is 0 Å². The first kappa shape index (κ1) is 7.60. The van der Waals surface area contributed by atoms with Crippen molar-refractivity contribution in [1.29, 1.82) is 0 Å². The van der Waals surface area contributed by atoms with Gasteiger partial charge in [-0.05, 0) is 37.0 Å². The van der Waals surface area contributed by atoms with Gasteiger partial charge >= 0.3 is 5.97 Å². The second-order valence-electron chi connectivity index (χ2n) is 4.74. The van der Waals surface area contributed by atoms with Crippen molar-refractivity contribution < 1.29 is 9.90 Å². The smallest absolute Gasteiger partial charge is 0.310 e. The van der Waals surface area contributed by atoms with E-state index < -0.39 is 5.97 Å². The molecule has 3 rings (SSSR count). The van der Waals surface area contributed by atoms with Gasteiger partial charge in [0.25, 0.3) is 0 Å². The molecule has 0 aromatic rings. The fourth-order valence-electron chi connectivity index (χ4n) is 3.95. The van der Waals surface area contributed by atoms with Gasteiger partial charge in [0.1, 0.15) is 0 Å². The van der Waals surface area contributed by atoms with Gasteiger partial charge in [0.05, 0.1) is 5.41 Å². The van der Waals surface area contributed by atoms with Gasteiger partial charge in [-0.3, -0.25) is 4.79 Å². The van der Waals surface area contributed by atoms with Crippen molar-refractivity contribution in [1.82, 2.24) is 0 Å². The average Bonchev–Trinajstić information content (AvgIpc) is 2.76. The number of fused-ring (bicyclic) bond motifs is 5. The van der Waals surface area contributed by atoms with Gasteiger partial charge in [0, 0.05) is 0 Å². The number of aliphatic carboxylic acids is 1. The molecule has 0 aromatic heterocycles. The quantitative estimate of drug-likeness (QED) is 0.624. The Morgan fingerprint density at radius 1 is 1.46 bits per heavy atom. The first-order chi connectivity index (χ1) is 6.25. The zero-order valence-electron chi connectivity index (χ0n) is 7.57. The van der Waals surface area contributed by atoms with Crippen LogP contribution in [0.3, 0.4) is 0 Å². The molecule has 2 bridgehead atoms. The molecule has 1 N–H and O–H groups in total. The van der Waals surface area contributed by atoms with E-state index in [1.807, 2.05) is 0 Å². The number of carbonyl (C=O) groups is 1. The summed E-state index contributed by atoms with van der Waals surface area (Å²) in [4.78, 5) is 11.4. The van der Waals surface area contributed by atoms with Crippen LogP contribution >= 0.6 is 0 Å². The summed E-state index contributed by atoms with van der Waals surface area (Å²) in [5, 5.41) is 9.36. The van der Waals surface area contributed by atoms with E-state index in [1.54, 1.807) is 0 Å². The highest BCUT2D eigenvalue weighted by Crippen LogP contribution is 2.63. The summed E-state index contributed by atoms with van der Waals surface area (Å²) >= 11 is 0. The van der Waals surface area contributed by atoms with Crippen molar-refractivity contribution in [2.45, 2.75) is 25.7 Å². The van der Waals surface area contributed by atoms with Crippen LogP contribution < -0.4 is 0 Å². The van der Waals surface area contributed by atoms with Crippen LogP contribution in [0, 0.1) is 23.2 Å². The van der Waals surface area contributed by atoms with Crippen molar-refractivity contribution >= 4 is 5.97 Å². The zero-order chi connectivity index (χ0) is 9.05. The Morgan fingerprint density at radius 3 is 3.00 bits per heavy atom. The van der Waals surface area contributed by atoms with Crippen LogP contribution in [0.15, 0.2) is 12.2 Å². The largest absolute Gasteiger partial charge is 0.481 e. The van der Waals surface area contributed by atoms with Gasteiger partial charge in [-0.1, -0.05) is 18.6 Å². The Bertz CT molecular complexity index is 294. The van der Waals surface area contributed by atoms with Crippen molar-refractivity contribution in [3.05, 3.63) is 12.2 Å². The molecule has 2 nitrogen and oxygen atoms in total. The second-order valence-corrected chi connectivity index (χ2v) is 4.74. The highest BCUT2D eigenvalue weighted by atomic mass is 16.4. The van der Waals surface area contributed by atoms with Crippen LogP contribution in [-0.2, 0) is 4.79 Å². The molecule has 0 aromatic carbocycles. The molecular formula is C11H14O2. The molecule has 70 valence electrons. The predicted octanol–water partition coefficient (Wildman–Crippen LogP) is 2.06. The summed E-state index contributed by atoms with van der Waals surface area (Å²) in [5.41, 5.74) is -0.348. The average molecular weight is 178 g/mol. The third-order valence-electron chi connectivity index (χ3n) is 4.46. The van der Waals surface area contributed by atoms with Crippen molar-refractivity contribution in [3.63, 3.8) is 0 Å². The summed E-state index contributed by atoms with van der Waals surface area (Å²) in [6.07, 6.45) is 8.68. The topological polar surface area (TPSA) is 37.3 Å². The van der Waals surface area contributed by atoms with Crippen LogP contribution in [0.25, 0.3) is 0 Å². The summed E-state index contributed by atoms with van der Waals surface area (Å²) in [6.45, 7) is 0. The lowest BCUT2D eigenvalue weighted by Crippen LogP contribution is -2.38. The van der Waals surface area contributed by atoms with Crippen LogP contribution in [0.4, 0.5) is 0 Å². The highest BCUT2D eigenvalue weighted by Gasteiger charge is 2.62. The summed E-state index contributed by atoms with van der Waals surface area (Å²) in [7, 11) is 0. The lowest BCUT2D eigenvalue weighted by Gasteiger charge is -2.32. The van der Waals surface area contributed by atoms with E-state index in [9.17, 15) is 9.90 Å². The zero-order valence-corrected chi connectivity index (χ0v) is 7.57. The number of hydrogen-bond acceptors (Lipinski definition) is 1. The molecule has 0 spiro atoms. The van der Waals surface area contributed by atoms with Gasteiger partial charge < -0.3 is 5.11 Å². The Hall–Kier alpha value is -0.790. The highest BCUT2D eigenvalue weighted by molar-refractivity contribution is 5.77. The van der Waals surface area contributed by atoms with E-state index in [2.05, 4.69) is 12.2 Å². The summed E-state index contributed by atoms with van der Waals surface area (Å²) < 4.78 is 0. The van der Waals surface area contributed by atoms with E-state index in [0.29, 0.717) is 17.8 Å². The number of allylic oxidation sites excluding steroid dienone is 2. The molecule has 0 saturated heterocycles. The molecule has 0 aliphatic heterocycles. The lowest BCUT2D eigenvalue weighted by atomic mass is 9.70. The van der Waals surface area contributed by atoms with Crippen molar-refractivity contribution in [2.24, 2.45) is 23.2 Å². The number of carboxylic acids is 1. The minimum Gasteiger partial charge on any atom is -0.481 e. The third-order valence-corrected chi connectivity index (χ3v) is 4.46. The van der Waals surface area contributed by atoms with Crippen molar-refractivity contribution in [2.75, 3.05) is 0 Å². The molecule has 0 radical (unpaired) electrons. The van der Waals surface area contributed by atoms with E-state index in [1.165, 1.54) is 0 Å². The Balaban J connectivity index is 2.09. The summed E-state index contributed by atoms with van der Waals surface area (Å²) in [6, 6.07) is 0. The predicted molar refractivity (Wildman–Crippen MR) is 48.1 cm³/mol. The molecule has 3 aliphatic carbocycles. The Labute approximate surface area is 77.6 Å². The molecule has 0 heterocycles. The fourth-order valence-corrected chi connectivity index (χ4v) is 3.95. The molecular weight excluding hydrogens is 164 g/mol. The van der Waals surface area contributed by atoms with Crippen LogP contribution in [-0.4, -0.2) is 11.1 Å². The molecule has 0 amide bonds. The maximum Gasteiger partial charge on any atom is 0.310 e. The first-order valence-corrected chi connectivity index (χ1v) is 5.17. The van der Waals surface area contributed by atoms with Crippen LogP contribution in [0.1, 0.15) is 25.7 Å². The molecule has 4 atom stereocenters.